The number of halogens is 1. The van der Waals surface area contributed by atoms with Crippen molar-refractivity contribution in [3.05, 3.63) is 34.3 Å². The van der Waals surface area contributed by atoms with Crippen LogP contribution in [0.5, 0.6) is 0 Å². The van der Waals surface area contributed by atoms with Crippen LogP contribution in [0.1, 0.15) is 17.0 Å². The van der Waals surface area contributed by atoms with Crippen molar-refractivity contribution in [2.45, 2.75) is 12.3 Å². The highest BCUT2D eigenvalue weighted by Gasteiger charge is 2.59. The van der Waals surface area contributed by atoms with Crippen LogP contribution in [0.15, 0.2) is 18.2 Å². The largest absolute Gasteiger partial charge is 0.481 e. The number of hydrogen-bond acceptors (Lipinski definition) is 1. The number of benzene rings is 1. The lowest BCUT2D eigenvalue weighted by Crippen LogP contribution is -2.05. The van der Waals surface area contributed by atoms with Crippen molar-refractivity contribution in [1.82, 2.24) is 0 Å². The third-order valence-corrected chi connectivity index (χ3v) is 3.76. The molecule has 72 valence electrons. The van der Waals surface area contributed by atoms with Crippen LogP contribution < -0.4 is 0 Å². The second-order valence-corrected chi connectivity index (χ2v) is 4.47. The standard InChI is InChI=1S/C11H9ClO2/c12-8-3-1-2-5-6(8)4-7-9(5)10(7)11(13)14/h1-3,7,9-10H,4H2,(H,13,14). The van der Waals surface area contributed by atoms with Crippen molar-refractivity contribution in [3.63, 3.8) is 0 Å². The van der Waals surface area contributed by atoms with Crippen LogP contribution in [-0.4, -0.2) is 11.1 Å². The van der Waals surface area contributed by atoms with Crippen LogP contribution >= 0.6 is 11.6 Å². The van der Waals surface area contributed by atoms with Crippen LogP contribution in [0.25, 0.3) is 0 Å². The van der Waals surface area contributed by atoms with E-state index < -0.39 is 5.97 Å². The molecule has 1 fully saturated rings. The molecule has 0 radical (unpaired) electrons. The SMILES string of the molecule is O=C(O)C1C2Cc3c(Cl)cccc3C21. The summed E-state index contributed by atoms with van der Waals surface area (Å²) in [7, 11) is 0. The first kappa shape index (κ1) is 8.30. The maximum atomic E-state index is 10.8. The summed E-state index contributed by atoms with van der Waals surface area (Å²) in [4.78, 5) is 10.8. The molecule has 0 spiro atoms. The van der Waals surface area contributed by atoms with Gasteiger partial charge in [0.15, 0.2) is 0 Å². The molecule has 0 aliphatic heterocycles. The number of fused-ring (bicyclic) bond motifs is 3. The Hall–Kier alpha value is -1.02. The van der Waals surface area contributed by atoms with Crippen molar-refractivity contribution >= 4 is 17.6 Å². The first-order valence-corrected chi connectivity index (χ1v) is 5.08. The van der Waals surface area contributed by atoms with E-state index in [2.05, 4.69) is 0 Å². The van der Waals surface area contributed by atoms with E-state index in [1.54, 1.807) is 0 Å². The summed E-state index contributed by atoms with van der Waals surface area (Å²) >= 11 is 6.04. The van der Waals surface area contributed by atoms with Crippen LogP contribution in [-0.2, 0) is 11.2 Å². The van der Waals surface area contributed by atoms with Gasteiger partial charge in [-0.15, -0.1) is 0 Å². The second-order valence-electron chi connectivity index (χ2n) is 4.07. The molecule has 3 unspecified atom stereocenters. The van der Waals surface area contributed by atoms with Gasteiger partial charge in [0, 0.05) is 10.9 Å². The topological polar surface area (TPSA) is 37.3 Å². The van der Waals surface area contributed by atoms with Gasteiger partial charge in [0.05, 0.1) is 5.92 Å². The van der Waals surface area contributed by atoms with Crippen LogP contribution in [0.3, 0.4) is 0 Å². The zero-order chi connectivity index (χ0) is 9.87. The molecule has 1 aromatic rings. The molecule has 2 aliphatic carbocycles. The Morgan fingerprint density at radius 2 is 2.29 bits per heavy atom. The van der Waals surface area contributed by atoms with Gasteiger partial charge in [-0.05, 0) is 29.5 Å². The molecule has 0 amide bonds. The van der Waals surface area contributed by atoms with Gasteiger partial charge in [-0.25, -0.2) is 0 Å². The molecular formula is C11H9ClO2. The minimum atomic E-state index is -0.661. The quantitative estimate of drug-likeness (QED) is 0.769. The third kappa shape index (κ3) is 0.894. The normalized spacial score (nSPS) is 32.2. The van der Waals surface area contributed by atoms with Crippen molar-refractivity contribution in [2.24, 2.45) is 11.8 Å². The average Bonchev–Trinajstić information content (AvgIpc) is 2.73. The lowest BCUT2D eigenvalue weighted by atomic mass is 10.0. The Balaban J connectivity index is 2.03. The van der Waals surface area contributed by atoms with E-state index in [0.717, 1.165) is 17.0 Å². The second kappa shape index (κ2) is 2.51. The number of carboxylic acid groups (broad SMARTS) is 1. The van der Waals surface area contributed by atoms with Crippen molar-refractivity contribution in [1.29, 1.82) is 0 Å². The van der Waals surface area contributed by atoms with Gasteiger partial charge in [-0.1, -0.05) is 23.7 Å². The Morgan fingerprint density at radius 1 is 1.50 bits per heavy atom. The Bertz CT molecular complexity index is 427. The molecule has 0 heterocycles. The summed E-state index contributed by atoms with van der Waals surface area (Å²) in [5.41, 5.74) is 2.33. The number of carbonyl (C=O) groups is 1. The van der Waals surface area contributed by atoms with Gasteiger partial charge < -0.3 is 5.11 Å². The molecule has 1 aromatic carbocycles. The molecule has 14 heavy (non-hydrogen) atoms. The predicted octanol–water partition coefficient (Wildman–Crippen LogP) is 2.31. The minimum Gasteiger partial charge on any atom is -0.481 e. The zero-order valence-corrected chi connectivity index (χ0v) is 8.16. The fourth-order valence-electron chi connectivity index (χ4n) is 2.73. The fraction of sp³-hybridized carbons (Fsp3) is 0.364. The molecule has 3 atom stereocenters. The lowest BCUT2D eigenvalue weighted by Gasteiger charge is -2.06. The summed E-state index contributed by atoms with van der Waals surface area (Å²) in [5.74, 6) is -0.268. The lowest BCUT2D eigenvalue weighted by molar-refractivity contribution is -0.139. The number of carboxylic acids is 1. The summed E-state index contributed by atoms with van der Waals surface area (Å²) in [6, 6.07) is 5.79. The number of aliphatic carboxylic acids is 1. The van der Waals surface area contributed by atoms with Gasteiger partial charge in [0.25, 0.3) is 0 Å². The highest BCUT2D eigenvalue weighted by Crippen LogP contribution is 2.62. The molecule has 0 saturated heterocycles. The molecule has 3 rings (SSSR count). The average molecular weight is 209 g/mol. The van der Waals surface area contributed by atoms with Crippen LogP contribution in [0, 0.1) is 11.8 Å². The third-order valence-electron chi connectivity index (χ3n) is 3.41. The Kier molecular flexibility index (Phi) is 1.49. The number of hydrogen-bond donors (Lipinski definition) is 1. The minimum absolute atomic E-state index is 0.152. The maximum absolute atomic E-state index is 10.8. The van der Waals surface area contributed by atoms with Crippen LogP contribution in [0.4, 0.5) is 0 Å². The summed E-state index contributed by atoms with van der Waals surface area (Å²) in [6.07, 6.45) is 0.844. The number of rotatable bonds is 1. The van der Waals surface area contributed by atoms with E-state index in [1.807, 2.05) is 18.2 Å². The molecular weight excluding hydrogens is 200 g/mol. The Labute approximate surface area is 86.5 Å². The first-order chi connectivity index (χ1) is 6.70. The van der Waals surface area contributed by atoms with Crippen LogP contribution in [0.2, 0.25) is 5.02 Å². The van der Waals surface area contributed by atoms with Crippen molar-refractivity contribution in [2.75, 3.05) is 0 Å². The fourth-order valence-corrected chi connectivity index (χ4v) is 2.99. The Morgan fingerprint density at radius 3 is 3.00 bits per heavy atom. The first-order valence-electron chi connectivity index (χ1n) is 4.70. The summed E-state index contributed by atoms with van der Waals surface area (Å²) in [6.45, 7) is 0. The zero-order valence-electron chi connectivity index (χ0n) is 7.40. The van der Waals surface area contributed by atoms with Gasteiger partial charge in [0.1, 0.15) is 0 Å². The molecule has 3 heteroatoms. The van der Waals surface area contributed by atoms with Crippen molar-refractivity contribution in [3.8, 4) is 0 Å². The maximum Gasteiger partial charge on any atom is 0.307 e. The van der Waals surface area contributed by atoms with E-state index in [-0.39, 0.29) is 11.8 Å². The van der Waals surface area contributed by atoms with Crippen molar-refractivity contribution < 1.29 is 9.90 Å². The smallest absolute Gasteiger partial charge is 0.307 e. The van der Waals surface area contributed by atoms with E-state index >= 15 is 0 Å². The van der Waals surface area contributed by atoms with E-state index in [0.29, 0.717) is 5.92 Å². The highest BCUT2D eigenvalue weighted by atomic mass is 35.5. The van der Waals surface area contributed by atoms with Gasteiger partial charge in [-0.2, -0.15) is 0 Å². The summed E-state index contributed by atoms with van der Waals surface area (Å²) in [5, 5.41) is 9.71. The van der Waals surface area contributed by atoms with Gasteiger partial charge in [0.2, 0.25) is 0 Å². The molecule has 2 nitrogen and oxygen atoms in total. The molecule has 1 N–H and O–H groups in total. The van der Waals surface area contributed by atoms with Gasteiger partial charge in [-0.3, -0.25) is 4.79 Å². The van der Waals surface area contributed by atoms with E-state index in [9.17, 15) is 4.79 Å². The molecule has 0 bridgehead atoms. The highest BCUT2D eigenvalue weighted by molar-refractivity contribution is 6.31. The molecule has 1 saturated carbocycles. The monoisotopic (exact) mass is 208 g/mol. The van der Waals surface area contributed by atoms with E-state index in [4.69, 9.17) is 16.7 Å². The summed E-state index contributed by atoms with van der Waals surface area (Å²) < 4.78 is 0. The molecule has 0 aromatic heterocycles. The molecule has 2 aliphatic rings. The van der Waals surface area contributed by atoms with Gasteiger partial charge >= 0.3 is 5.97 Å². The predicted molar refractivity (Wildman–Crippen MR) is 52.5 cm³/mol. The van der Waals surface area contributed by atoms with E-state index in [1.165, 1.54) is 5.56 Å².